The molecule has 1 heterocycles. The fraction of sp³-hybridized carbons (Fsp3) is 0.444. The van der Waals surface area contributed by atoms with Crippen LogP contribution in [0.25, 0.3) is 0 Å². The Morgan fingerprint density at radius 3 is 2.92 bits per heavy atom. The van der Waals surface area contributed by atoms with Crippen LogP contribution in [0.4, 0.5) is 0 Å². The maximum Gasteiger partial charge on any atom is 0.256 e. The van der Waals surface area contributed by atoms with Gasteiger partial charge in [0.1, 0.15) is 10.8 Å². The minimum absolute atomic E-state index is 0.163. The lowest BCUT2D eigenvalue weighted by atomic mass is 9.79. The highest BCUT2D eigenvalue weighted by atomic mass is 35.5. The lowest BCUT2D eigenvalue weighted by Crippen LogP contribution is -2.43. The first-order valence-electron chi connectivity index (χ1n) is 8.28. The Balaban J connectivity index is 1.79. The molecule has 0 saturated carbocycles. The number of carbonyl (C=O) groups is 1. The smallest absolute Gasteiger partial charge is 0.256 e. The molecule has 0 unspecified atom stereocenters. The van der Waals surface area contributed by atoms with Gasteiger partial charge in [-0.2, -0.15) is 5.10 Å². The van der Waals surface area contributed by atoms with Gasteiger partial charge in [-0.15, -0.1) is 0 Å². The van der Waals surface area contributed by atoms with Crippen molar-refractivity contribution in [2.75, 3.05) is 6.54 Å². The molecule has 5 nitrogen and oxygen atoms in total. The molecule has 0 spiro atoms. The van der Waals surface area contributed by atoms with Crippen LogP contribution < -0.4 is 5.32 Å². The molecule has 1 aliphatic rings. The van der Waals surface area contributed by atoms with Crippen LogP contribution in [-0.2, 0) is 18.6 Å². The van der Waals surface area contributed by atoms with E-state index >= 15 is 0 Å². The second-order valence-corrected chi connectivity index (χ2v) is 6.65. The first kappa shape index (κ1) is 17.0. The molecular formula is C18H22ClN3O2. The third-order valence-corrected chi connectivity index (χ3v) is 5.07. The molecule has 24 heavy (non-hydrogen) atoms. The average Bonchev–Trinajstić information content (AvgIpc) is 2.87. The van der Waals surface area contributed by atoms with Gasteiger partial charge in [-0.1, -0.05) is 35.9 Å². The predicted molar refractivity (Wildman–Crippen MR) is 93.3 cm³/mol. The third-order valence-electron chi connectivity index (χ3n) is 4.69. The Morgan fingerprint density at radius 1 is 1.46 bits per heavy atom. The number of hydrogen-bond donors (Lipinski definition) is 2. The highest BCUT2D eigenvalue weighted by molar-refractivity contribution is 6.33. The first-order valence-corrected chi connectivity index (χ1v) is 8.66. The lowest BCUT2D eigenvalue weighted by Gasteiger charge is -2.34. The summed E-state index contributed by atoms with van der Waals surface area (Å²) in [6, 6.07) is 7.87. The molecular weight excluding hydrogens is 326 g/mol. The van der Waals surface area contributed by atoms with Crippen LogP contribution in [0, 0.1) is 6.92 Å². The topological polar surface area (TPSA) is 67.2 Å². The van der Waals surface area contributed by atoms with Gasteiger partial charge in [0.05, 0.1) is 17.8 Å². The van der Waals surface area contributed by atoms with Crippen LogP contribution in [0.15, 0.2) is 24.3 Å². The molecule has 0 radical (unpaired) electrons. The van der Waals surface area contributed by atoms with Crippen LogP contribution in [0.3, 0.4) is 0 Å². The quantitative estimate of drug-likeness (QED) is 0.893. The maximum absolute atomic E-state index is 12.6. The minimum atomic E-state index is -1.04. The number of fused-ring (bicyclic) bond motifs is 1. The normalized spacial score (nSPS) is 19.8. The Labute approximate surface area is 146 Å². The van der Waals surface area contributed by atoms with E-state index in [0.717, 1.165) is 24.0 Å². The van der Waals surface area contributed by atoms with Gasteiger partial charge in [-0.3, -0.25) is 9.48 Å². The summed E-state index contributed by atoms with van der Waals surface area (Å²) in [6.45, 7) is 4.44. The van der Waals surface area contributed by atoms with Crippen LogP contribution in [-0.4, -0.2) is 27.3 Å². The van der Waals surface area contributed by atoms with Crippen molar-refractivity contribution < 1.29 is 9.90 Å². The van der Waals surface area contributed by atoms with Crippen molar-refractivity contribution in [3.63, 3.8) is 0 Å². The van der Waals surface area contributed by atoms with Crippen molar-refractivity contribution in [2.24, 2.45) is 0 Å². The van der Waals surface area contributed by atoms with E-state index in [4.69, 9.17) is 11.6 Å². The van der Waals surface area contributed by atoms with Crippen LogP contribution in [0.2, 0.25) is 5.15 Å². The predicted octanol–water partition coefficient (Wildman–Crippen LogP) is 2.82. The van der Waals surface area contributed by atoms with Crippen LogP contribution in [0.1, 0.15) is 46.9 Å². The maximum atomic E-state index is 12.6. The molecule has 1 amide bonds. The van der Waals surface area contributed by atoms with Gasteiger partial charge in [0.2, 0.25) is 0 Å². The number of aliphatic hydroxyl groups is 1. The SMILES string of the molecule is CCn1nc(C)c(C(=O)NC[C@@]2(O)CCCc3ccccc32)c1Cl. The molecule has 0 aliphatic heterocycles. The van der Waals surface area contributed by atoms with E-state index < -0.39 is 5.60 Å². The Morgan fingerprint density at radius 2 is 2.21 bits per heavy atom. The van der Waals surface area contributed by atoms with Gasteiger partial charge >= 0.3 is 0 Å². The number of aromatic nitrogens is 2. The number of rotatable bonds is 4. The molecule has 1 aromatic carbocycles. The van der Waals surface area contributed by atoms with Crippen molar-refractivity contribution in [3.05, 3.63) is 51.8 Å². The van der Waals surface area contributed by atoms with Crippen molar-refractivity contribution >= 4 is 17.5 Å². The van der Waals surface area contributed by atoms with E-state index in [0.29, 0.717) is 29.4 Å². The number of halogens is 1. The minimum Gasteiger partial charge on any atom is -0.383 e. The van der Waals surface area contributed by atoms with E-state index in [1.165, 1.54) is 0 Å². The monoisotopic (exact) mass is 347 g/mol. The standard InChI is InChI=1S/C18H22ClN3O2/c1-3-22-16(19)15(12(2)21-22)17(23)20-11-18(24)10-6-8-13-7-4-5-9-14(13)18/h4-5,7,9,24H,3,6,8,10-11H2,1-2H3,(H,20,23)/t18-/m0/s1. The van der Waals surface area contributed by atoms with Gasteiger partial charge in [0, 0.05) is 6.54 Å². The van der Waals surface area contributed by atoms with Crippen molar-refractivity contribution in [2.45, 2.75) is 45.3 Å². The molecule has 2 N–H and O–H groups in total. The number of hydrogen-bond acceptors (Lipinski definition) is 3. The molecule has 1 atom stereocenters. The zero-order chi connectivity index (χ0) is 17.3. The largest absolute Gasteiger partial charge is 0.383 e. The average molecular weight is 348 g/mol. The molecule has 1 aromatic heterocycles. The summed E-state index contributed by atoms with van der Waals surface area (Å²) >= 11 is 6.24. The third kappa shape index (κ3) is 2.94. The Bertz CT molecular complexity index is 772. The van der Waals surface area contributed by atoms with Gasteiger partial charge < -0.3 is 10.4 Å². The van der Waals surface area contributed by atoms with Gasteiger partial charge in [-0.25, -0.2) is 0 Å². The molecule has 6 heteroatoms. The number of nitrogens with one attached hydrogen (secondary N) is 1. The van der Waals surface area contributed by atoms with Crippen molar-refractivity contribution in [1.82, 2.24) is 15.1 Å². The lowest BCUT2D eigenvalue weighted by molar-refractivity contribution is 0.0189. The van der Waals surface area contributed by atoms with Crippen LogP contribution in [0.5, 0.6) is 0 Å². The summed E-state index contributed by atoms with van der Waals surface area (Å²) in [6.07, 6.45) is 2.49. The summed E-state index contributed by atoms with van der Waals surface area (Å²) in [7, 11) is 0. The number of benzene rings is 1. The molecule has 0 saturated heterocycles. The molecule has 0 fully saturated rings. The van der Waals surface area contributed by atoms with Crippen molar-refractivity contribution in [1.29, 1.82) is 0 Å². The van der Waals surface area contributed by atoms with Crippen molar-refractivity contribution in [3.8, 4) is 0 Å². The van der Waals surface area contributed by atoms with Gasteiger partial charge in [-0.05, 0) is 44.2 Å². The number of aryl methyl sites for hydroxylation is 3. The number of amides is 1. The van der Waals surface area contributed by atoms with E-state index in [1.807, 2.05) is 31.2 Å². The zero-order valence-corrected chi connectivity index (χ0v) is 14.7. The summed E-state index contributed by atoms with van der Waals surface area (Å²) in [5, 5.41) is 18.5. The van der Waals surface area contributed by atoms with Gasteiger partial charge in [0.15, 0.2) is 0 Å². The summed E-state index contributed by atoms with van der Waals surface area (Å²) < 4.78 is 1.59. The highest BCUT2D eigenvalue weighted by Gasteiger charge is 2.35. The van der Waals surface area contributed by atoms with E-state index in [-0.39, 0.29) is 12.5 Å². The zero-order valence-electron chi connectivity index (χ0n) is 14.0. The fourth-order valence-corrected chi connectivity index (χ4v) is 3.80. The molecule has 2 aromatic rings. The number of nitrogens with zero attached hydrogens (tertiary/aromatic N) is 2. The van der Waals surface area contributed by atoms with Gasteiger partial charge in [0.25, 0.3) is 5.91 Å². The van der Waals surface area contributed by atoms with Crippen LogP contribution >= 0.6 is 11.6 Å². The molecule has 3 rings (SSSR count). The summed E-state index contributed by atoms with van der Waals surface area (Å²) in [5.41, 5.74) is 1.99. The molecule has 128 valence electrons. The van der Waals surface area contributed by atoms with E-state index in [2.05, 4.69) is 10.4 Å². The highest BCUT2D eigenvalue weighted by Crippen LogP contribution is 2.34. The molecule has 0 bridgehead atoms. The summed E-state index contributed by atoms with van der Waals surface area (Å²) in [4.78, 5) is 12.6. The summed E-state index contributed by atoms with van der Waals surface area (Å²) in [5.74, 6) is -0.298. The Kier molecular flexibility index (Phi) is 4.65. The number of carbonyl (C=O) groups excluding carboxylic acids is 1. The van der Waals surface area contributed by atoms with E-state index in [1.54, 1.807) is 11.6 Å². The first-order chi connectivity index (χ1) is 11.5. The second kappa shape index (κ2) is 6.57. The molecule has 1 aliphatic carbocycles. The fourth-order valence-electron chi connectivity index (χ4n) is 3.42. The Hall–Kier alpha value is -1.85. The second-order valence-electron chi connectivity index (χ2n) is 6.29. The van der Waals surface area contributed by atoms with E-state index in [9.17, 15) is 9.90 Å².